The Hall–Kier alpha value is -1.79. The van der Waals surface area contributed by atoms with Crippen molar-refractivity contribution < 1.29 is 0 Å². The third kappa shape index (κ3) is 3.01. The summed E-state index contributed by atoms with van der Waals surface area (Å²) in [6, 6.07) is 9.08. The molecule has 1 heterocycles. The number of hydrogen-bond donors (Lipinski definition) is 0. The van der Waals surface area contributed by atoms with Crippen LogP contribution in [0.5, 0.6) is 0 Å². The smallest absolute Gasteiger partial charge is 0.0885 e. The summed E-state index contributed by atoms with van der Waals surface area (Å²) in [6.07, 6.45) is 4.42. The maximum absolute atomic E-state index is 2.38. The summed E-state index contributed by atoms with van der Waals surface area (Å²) in [6.45, 7) is 13.2. The van der Waals surface area contributed by atoms with Gasteiger partial charge in [-0.2, -0.15) is 0 Å². The second kappa shape index (κ2) is 6.02. The van der Waals surface area contributed by atoms with E-state index in [1.807, 2.05) is 0 Å². The Morgan fingerprint density at radius 3 is 1.17 bits per heavy atom. The molecular weight excluding hydrogens is 299 g/mol. The van der Waals surface area contributed by atoms with Crippen LogP contribution in [0.25, 0.3) is 0 Å². The average Bonchev–Trinajstić information content (AvgIpc) is 2.85. The lowest BCUT2D eigenvalue weighted by atomic mass is 10.1. The van der Waals surface area contributed by atoms with E-state index in [9.17, 15) is 0 Å². The van der Waals surface area contributed by atoms with Crippen molar-refractivity contribution in [3.63, 3.8) is 0 Å². The number of aryl methyl sites for hydroxylation is 6. The lowest BCUT2D eigenvalue weighted by Crippen LogP contribution is -2.10. The van der Waals surface area contributed by atoms with Crippen molar-refractivity contribution in [1.29, 1.82) is 0 Å². The molecule has 0 radical (unpaired) electrons. The van der Waals surface area contributed by atoms with Crippen molar-refractivity contribution in [3.8, 4) is 0 Å². The number of rotatable bonds is 2. The van der Waals surface area contributed by atoms with Crippen LogP contribution in [0.4, 0.5) is 11.4 Å². The van der Waals surface area contributed by atoms with Gasteiger partial charge in [0.1, 0.15) is 0 Å². The zero-order chi connectivity index (χ0) is 16.7. The normalized spacial score (nSPS) is 14.0. The monoisotopic (exact) mass is 324 g/mol. The summed E-state index contributed by atoms with van der Waals surface area (Å²) in [4.78, 5) is 0. The quantitative estimate of drug-likeness (QED) is 0.640. The molecule has 23 heavy (non-hydrogen) atoms. The maximum atomic E-state index is 2.38. The molecule has 0 bridgehead atoms. The zero-order valence-electron chi connectivity index (χ0n) is 14.9. The summed E-state index contributed by atoms with van der Waals surface area (Å²) in [7, 11) is 0.580. The first-order chi connectivity index (χ1) is 10.9. The fourth-order valence-corrected chi connectivity index (χ4v) is 5.07. The Bertz CT molecular complexity index is 681. The first-order valence-electron chi connectivity index (χ1n) is 8.05. The number of hydrogen-bond acceptors (Lipinski definition) is 2. The highest BCUT2D eigenvalue weighted by atomic mass is 31.1. The van der Waals surface area contributed by atoms with Gasteiger partial charge >= 0.3 is 0 Å². The van der Waals surface area contributed by atoms with Crippen LogP contribution in [-0.2, 0) is 0 Å². The molecule has 0 saturated carbocycles. The number of benzene rings is 2. The van der Waals surface area contributed by atoms with Gasteiger partial charge in [-0.05, 0) is 63.8 Å². The van der Waals surface area contributed by atoms with E-state index in [0.29, 0.717) is 8.88 Å². The van der Waals surface area contributed by atoms with E-state index < -0.39 is 0 Å². The van der Waals surface area contributed by atoms with Gasteiger partial charge in [0, 0.05) is 12.4 Å². The van der Waals surface area contributed by atoms with E-state index in [1.165, 1.54) is 44.8 Å². The molecule has 0 aliphatic carbocycles. The standard InChI is InChI=1S/C20H25N2P/c1-13-9-15(3)19(16(4)10-13)21-7-8-22(23-21)20-17(5)11-14(2)12-18(20)6/h7-12,23H,1-6H3. The summed E-state index contributed by atoms with van der Waals surface area (Å²) in [5, 5.41) is 0. The molecule has 1 aliphatic heterocycles. The minimum atomic E-state index is 0.580. The van der Waals surface area contributed by atoms with Gasteiger partial charge in [0.2, 0.25) is 0 Å². The Balaban J connectivity index is 1.93. The van der Waals surface area contributed by atoms with Crippen molar-refractivity contribution in [1.82, 2.24) is 0 Å². The van der Waals surface area contributed by atoms with Gasteiger partial charge < -0.3 is 9.34 Å². The second-order valence-electron chi connectivity index (χ2n) is 6.63. The van der Waals surface area contributed by atoms with Gasteiger partial charge in [-0.15, -0.1) is 0 Å². The lowest BCUT2D eigenvalue weighted by molar-refractivity contribution is 1.27. The van der Waals surface area contributed by atoms with E-state index in [-0.39, 0.29) is 0 Å². The van der Waals surface area contributed by atoms with Gasteiger partial charge in [0.25, 0.3) is 0 Å². The van der Waals surface area contributed by atoms with Gasteiger partial charge in [-0.1, -0.05) is 35.4 Å². The molecule has 0 unspecified atom stereocenters. The Kier molecular flexibility index (Phi) is 4.21. The van der Waals surface area contributed by atoms with Crippen molar-refractivity contribution in [2.75, 3.05) is 9.34 Å². The van der Waals surface area contributed by atoms with Gasteiger partial charge in [0.15, 0.2) is 0 Å². The minimum absolute atomic E-state index is 0.580. The highest BCUT2D eigenvalue weighted by molar-refractivity contribution is 7.43. The van der Waals surface area contributed by atoms with Gasteiger partial charge in [0.05, 0.1) is 20.3 Å². The van der Waals surface area contributed by atoms with Crippen LogP contribution in [0.3, 0.4) is 0 Å². The molecule has 2 aromatic rings. The highest BCUT2D eigenvalue weighted by Crippen LogP contribution is 2.44. The zero-order valence-corrected chi connectivity index (χ0v) is 15.9. The number of anilines is 2. The molecule has 3 heteroatoms. The van der Waals surface area contributed by atoms with Crippen LogP contribution in [-0.4, -0.2) is 0 Å². The molecule has 0 atom stereocenters. The fourth-order valence-electron chi connectivity index (χ4n) is 3.67. The minimum Gasteiger partial charge on any atom is -0.309 e. The van der Waals surface area contributed by atoms with E-state index in [2.05, 4.69) is 87.5 Å². The Morgan fingerprint density at radius 1 is 0.565 bits per heavy atom. The van der Waals surface area contributed by atoms with Crippen molar-refractivity contribution >= 4 is 20.3 Å². The Morgan fingerprint density at radius 2 is 0.870 bits per heavy atom. The molecule has 0 amide bonds. The summed E-state index contributed by atoms with van der Waals surface area (Å²) >= 11 is 0. The SMILES string of the molecule is Cc1cc(C)c(N2C=CN(c3c(C)cc(C)cc3C)P2)c(C)c1. The first kappa shape index (κ1) is 16.1. The molecule has 2 aromatic carbocycles. The van der Waals surface area contributed by atoms with Crippen LogP contribution in [0, 0.1) is 41.5 Å². The van der Waals surface area contributed by atoms with Crippen LogP contribution in [0.15, 0.2) is 36.7 Å². The van der Waals surface area contributed by atoms with Crippen molar-refractivity contribution in [3.05, 3.63) is 70.0 Å². The van der Waals surface area contributed by atoms with Gasteiger partial charge in [-0.25, -0.2) is 0 Å². The molecule has 0 aromatic heterocycles. The van der Waals surface area contributed by atoms with Gasteiger partial charge in [-0.3, -0.25) is 0 Å². The van der Waals surface area contributed by atoms with Crippen molar-refractivity contribution in [2.45, 2.75) is 41.5 Å². The molecule has 0 saturated heterocycles. The molecule has 0 spiro atoms. The van der Waals surface area contributed by atoms with E-state index in [1.54, 1.807) is 0 Å². The predicted molar refractivity (Wildman–Crippen MR) is 104 cm³/mol. The van der Waals surface area contributed by atoms with E-state index in [4.69, 9.17) is 0 Å². The van der Waals surface area contributed by atoms with Crippen LogP contribution in [0.2, 0.25) is 0 Å². The topological polar surface area (TPSA) is 6.48 Å². The highest BCUT2D eigenvalue weighted by Gasteiger charge is 2.21. The summed E-state index contributed by atoms with van der Waals surface area (Å²) in [5.41, 5.74) is 10.7. The second-order valence-corrected chi connectivity index (χ2v) is 7.80. The molecule has 2 nitrogen and oxygen atoms in total. The molecule has 120 valence electrons. The van der Waals surface area contributed by atoms with E-state index >= 15 is 0 Å². The van der Waals surface area contributed by atoms with Crippen LogP contribution >= 0.6 is 8.88 Å². The third-order valence-corrected chi connectivity index (χ3v) is 5.51. The lowest BCUT2D eigenvalue weighted by Gasteiger charge is -2.26. The van der Waals surface area contributed by atoms with Crippen LogP contribution in [0.1, 0.15) is 33.4 Å². The fraction of sp³-hybridized carbons (Fsp3) is 0.300. The molecular formula is C20H25N2P. The first-order valence-corrected chi connectivity index (χ1v) is 8.95. The van der Waals surface area contributed by atoms with E-state index in [0.717, 1.165) is 0 Å². The largest absolute Gasteiger partial charge is 0.309 e. The average molecular weight is 324 g/mol. The van der Waals surface area contributed by atoms with Crippen LogP contribution < -0.4 is 9.34 Å². The third-order valence-electron chi connectivity index (χ3n) is 4.33. The molecule has 1 aliphatic rings. The van der Waals surface area contributed by atoms with Crippen molar-refractivity contribution in [2.24, 2.45) is 0 Å². The molecule has 3 rings (SSSR count). The summed E-state index contributed by atoms with van der Waals surface area (Å²) < 4.78 is 4.76. The molecule has 0 fully saturated rings. The predicted octanol–water partition coefficient (Wildman–Crippen LogP) is 5.84. The maximum Gasteiger partial charge on any atom is 0.0885 e. The number of nitrogens with zero attached hydrogens (tertiary/aromatic N) is 2. The summed E-state index contributed by atoms with van der Waals surface area (Å²) in [5.74, 6) is 0. The Labute approximate surface area is 141 Å². The molecule has 0 N–H and O–H groups in total.